The molecule has 0 spiro atoms. The highest BCUT2D eigenvalue weighted by Crippen LogP contribution is 2.36. The van der Waals surface area contributed by atoms with Gasteiger partial charge in [-0.05, 0) is 69.2 Å². The van der Waals surface area contributed by atoms with Crippen molar-refractivity contribution in [1.29, 1.82) is 0 Å². The topological polar surface area (TPSA) is 84.1 Å². The molecule has 0 unspecified atom stereocenters. The van der Waals surface area contributed by atoms with Gasteiger partial charge < -0.3 is 18.8 Å². The number of methoxy groups -OCH3 is 1. The summed E-state index contributed by atoms with van der Waals surface area (Å²) in [6, 6.07) is 20.5. The zero-order chi connectivity index (χ0) is 32.5. The van der Waals surface area contributed by atoms with Gasteiger partial charge in [-0.2, -0.15) is 0 Å². The van der Waals surface area contributed by atoms with Crippen LogP contribution in [0.5, 0.6) is 11.5 Å². The van der Waals surface area contributed by atoms with E-state index in [4.69, 9.17) is 30.8 Å². The minimum Gasteiger partial charge on any atom is -0.493 e. The molecule has 236 valence electrons. The van der Waals surface area contributed by atoms with Crippen molar-refractivity contribution < 1.29 is 19.0 Å². The Kier molecular flexibility index (Phi) is 8.88. The van der Waals surface area contributed by atoms with Gasteiger partial charge in [0.25, 0.3) is 5.56 Å². The number of rotatable bonds is 9. The summed E-state index contributed by atoms with van der Waals surface area (Å²) in [6.45, 7) is 8.16. The maximum absolute atomic E-state index is 14.3. The summed E-state index contributed by atoms with van der Waals surface area (Å²) in [5, 5.41) is 1.70. The van der Waals surface area contributed by atoms with Crippen LogP contribution in [0.4, 0.5) is 0 Å². The predicted molar refractivity (Wildman–Crippen MR) is 182 cm³/mol. The molecule has 0 bridgehead atoms. The third-order valence-electron chi connectivity index (χ3n) is 7.79. The number of thiazole rings is 1. The Morgan fingerprint density at radius 2 is 1.85 bits per heavy atom. The second kappa shape index (κ2) is 13.0. The molecule has 0 saturated heterocycles. The fourth-order valence-electron chi connectivity index (χ4n) is 5.78. The van der Waals surface area contributed by atoms with Crippen LogP contribution in [0.25, 0.3) is 17.0 Å². The first-order valence-corrected chi connectivity index (χ1v) is 16.2. The van der Waals surface area contributed by atoms with Gasteiger partial charge in [0.2, 0.25) is 0 Å². The summed E-state index contributed by atoms with van der Waals surface area (Å²) >= 11 is 7.78. The van der Waals surface area contributed by atoms with Crippen molar-refractivity contribution in [3.8, 4) is 11.5 Å². The number of aromatic nitrogens is 2. The minimum absolute atomic E-state index is 0.0646. The van der Waals surface area contributed by atoms with Crippen molar-refractivity contribution in [2.45, 2.75) is 46.4 Å². The molecule has 5 aromatic rings. The van der Waals surface area contributed by atoms with Crippen LogP contribution in [0.15, 0.2) is 94.0 Å². The molecule has 3 heterocycles. The van der Waals surface area contributed by atoms with Gasteiger partial charge in [-0.3, -0.25) is 9.36 Å². The molecule has 46 heavy (non-hydrogen) atoms. The van der Waals surface area contributed by atoms with Crippen LogP contribution in [0, 0.1) is 0 Å². The van der Waals surface area contributed by atoms with Crippen LogP contribution in [-0.2, 0) is 16.1 Å². The van der Waals surface area contributed by atoms with Crippen molar-refractivity contribution in [2.75, 3.05) is 13.7 Å². The monoisotopic (exact) mass is 655 g/mol. The van der Waals surface area contributed by atoms with Gasteiger partial charge in [0.05, 0.1) is 41.7 Å². The van der Waals surface area contributed by atoms with Crippen LogP contribution in [0.3, 0.4) is 0 Å². The molecule has 8 nitrogen and oxygen atoms in total. The highest BCUT2D eigenvalue weighted by Gasteiger charge is 2.34. The maximum atomic E-state index is 14.3. The largest absolute Gasteiger partial charge is 0.493 e. The molecule has 3 aromatic carbocycles. The Bertz CT molecular complexity index is 2180. The number of para-hydroxylation sites is 1. The Morgan fingerprint density at radius 3 is 2.59 bits per heavy atom. The first-order chi connectivity index (χ1) is 22.2. The van der Waals surface area contributed by atoms with E-state index in [2.05, 4.69) is 10.6 Å². The SMILES string of the molecule is CCOC(=O)C1=C(C)N=c2s/c(=C/c3cn(Cc4ccccc4Cl)c4ccccc34)c(=O)n2[C@H]1c1ccc(OC(C)C)c(OC)c1. The Labute approximate surface area is 275 Å². The number of carbonyl (C=O) groups is 1. The number of ether oxygens (including phenoxy) is 3. The van der Waals surface area contributed by atoms with Gasteiger partial charge in [0, 0.05) is 34.2 Å². The standard InChI is InChI=1S/C36H34ClN3O5S/c1-6-44-35(42)32-22(4)38-36-40(33(32)23-15-16-29(45-21(2)3)30(17-23)43-5)34(41)31(46-36)18-25-20-39(28-14-10-8-12-26(25)28)19-24-11-7-9-13-27(24)37/h7-18,20-21,33H,6,19H2,1-5H3/b31-18+/t33-/m0/s1. The summed E-state index contributed by atoms with van der Waals surface area (Å²) < 4.78 is 21.3. The first kappa shape index (κ1) is 31.4. The summed E-state index contributed by atoms with van der Waals surface area (Å²) in [7, 11) is 1.56. The smallest absolute Gasteiger partial charge is 0.338 e. The Morgan fingerprint density at radius 1 is 1.09 bits per heavy atom. The summed E-state index contributed by atoms with van der Waals surface area (Å²) in [6.07, 6.45) is 3.87. The van der Waals surface area contributed by atoms with E-state index in [0.717, 1.165) is 22.0 Å². The number of allylic oxidation sites excluding steroid dienone is 1. The summed E-state index contributed by atoms with van der Waals surface area (Å²) in [4.78, 5) is 32.9. The zero-order valence-electron chi connectivity index (χ0n) is 26.2. The fraction of sp³-hybridized carbons (Fsp3) is 0.250. The molecule has 0 radical (unpaired) electrons. The van der Waals surface area contributed by atoms with Crippen LogP contribution in [0.1, 0.15) is 50.4 Å². The molecule has 0 saturated carbocycles. The second-order valence-corrected chi connectivity index (χ2v) is 12.6. The molecular weight excluding hydrogens is 622 g/mol. The number of carbonyl (C=O) groups excluding carboxylic acids is 1. The van der Waals surface area contributed by atoms with Gasteiger partial charge in [-0.25, -0.2) is 9.79 Å². The minimum atomic E-state index is -0.777. The van der Waals surface area contributed by atoms with E-state index in [-0.39, 0.29) is 18.3 Å². The number of hydrogen-bond acceptors (Lipinski definition) is 7. The fourth-order valence-corrected chi connectivity index (χ4v) is 7.02. The number of halogens is 1. The van der Waals surface area contributed by atoms with Crippen molar-refractivity contribution in [2.24, 2.45) is 4.99 Å². The summed E-state index contributed by atoms with van der Waals surface area (Å²) in [5.74, 6) is 0.546. The number of hydrogen-bond donors (Lipinski definition) is 0. The van der Waals surface area contributed by atoms with Gasteiger partial charge in [0.1, 0.15) is 0 Å². The lowest BCUT2D eigenvalue weighted by molar-refractivity contribution is -0.139. The molecule has 10 heteroatoms. The highest BCUT2D eigenvalue weighted by molar-refractivity contribution is 7.07. The van der Waals surface area contributed by atoms with Gasteiger partial charge in [-0.15, -0.1) is 0 Å². The Balaban J connectivity index is 1.52. The van der Waals surface area contributed by atoms with Crippen molar-refractivity contribution in [3.05, 3.63) is 126 Å². The lowest BCUT2D eigenvalue weighted by Crippen LogP contribution is -2.40. The molecule has 1 atom stereocenters. The molecule has 1 aliphatic heterocycles. The van der Waals surface area contributed by atoms with Gasteiger partial charge in [-0.1, -0.05) is 65.4 Å². The molecule has 0 fully saturated rings. The van der Waals surface area contributed by atoms with Crippen LogP contribution >= 0.6 is 22.9 Å². The van der Waals surface area contributed by atoms with E-state index in [1.54, 1.807) is 37.7 Å². The molecule has 0 N–H and O–H groups in total. The van der Waals surface area contributed by atoms with E-state index in [1.165, 1.54) is 11.3 Å². The van der Waals surface area contributed by atoms with Crippen molar-refractivity contribution in [1.82, 2.24) is 9.13 Å². The first-order valence-electron chi connectivity index (χ1n) is 15.1. The third kappa shape index (κ3) is 5.88. The zero-order valence-corrected chi connectivity index (χ0v) is 27.8. The maximum Gasteiger partial charge on any atom is 0.338 e. The number of benzene rings is 3. The molecule has 0 aliphatic carbocycles. The molecule has 6 rings (SSSR count). The average molecular weight is 656 g/mol. The lowest BCUT2D eigenvalue weighted by Gasteiger charge is -2.25. The summed E-state index contributed by atoms with van der Waals surface area (Å²) in [5.41, 5.74) is 4.13. The van der Waals surface area contributed by atoms with Crippen LogP contribution in [-0.4, -0.2) is 34.9 Å². The van der Waals surface area contributed by atoms with Gasteiger partial charge in [0.15, 0.2) is 16.3 Å². The highest BCUT2D eigenvalue weighted by atomic mass is 35.5. The second-order valence-electron chi connectivity index (χ2n) is 11.2. The predicted octanol–water partition coefficient (Wildman–Crippen LogP) is 6.25. The van der Waals surface area contributed by atoms with Crippen LogP contribution < -0.4 is 24.4 Å². The number of nitrogens with zero attached hydrogens (tertiary/aromatic N) is 3. The van der Waals surface area contributed by atoms with E-state index in [1.807, 2.05) is 74.7 Å². The van der Waals surface area contributed by atoms with Crippen LogP contribution in [0.2, 0.25) is 5.02 Å². The molecule has 2 aromatic heterocycles. The third-order valence-corrected chi connectivity index (χ3v) is 9.14. The van der Waals surface area contributed by atoms with E-state index < -0.39 is 12.0 Å². The van der Waals surface area contributed by atoms with Gasteiger partial charge >= 0.3 is 5.97 Å². The lowest BCUT2D eigenvalue weighted by atomic mass is 9.95. The molecular formula is C36H34ClN3O5S. The van der Waals surface area contributed by atoms with E-state index in [0.29, 0.717) is 49.2 Å². The molecule has 0 amide bonds. The van der Waals surface area contributed by atoms with E-state index >= 15 is 0 Å². The van der Waals surface area contributed by atoms with Crippen molar-refractivity contribution in [3.63, 3.8) is 0 Å². The van der Waals surface area contributed by atoms with Crippen molar-refractivity contribution >= 4 is 45.9 Å². The average Bonchev–Trinajstić information content (AvgIpc) is 3.53. The normalized spacial score (nSPS) is 14.8. The van der Waals surface area contributed by atoms with E-state index in [9.17, 15) is 9.59 Å². The molecule has 1 aliphatic rings. The number of fused-ring (bicyclic) bond motifs is 2. The quantitative estimate of drug-likeness (QED) is 0.175. The Hall–Kier alpha value is -4.60. The number of esters is 1.